The van der Waals surface area contributed by atoms with Gasteiger partial charge in [0.2, 0.25) is 0 Å². The monoisotopic (exact) mass is 431 g/mol. The van der Waals surface area contributed by atoms with Gasteiger partial charge in [-0.3, -0.25) is 9.59 Å². The Morgan fingerprint density at radius 2 is 1.81 bits per heavy atom. The van der Waals surface area contributed by atoms with Gasteiger partial charge in [0.25, 0.3) is 11.7 Å². The van der Waals surface area contributed by atoms with Crippen molar-refractivity contribution in [1.82, 2.24) is 4.90 Å². The second-order valence-electron chi connectivity index (χ2n) is 8.22. The highest BCUT2D eigenvalue weighted by atomic mass is 19.1. The molecule has 2 aromatic carbocycles. The number of nitrogens with zero attached hydrogens (tertiary/aromatic N) is 1. The van der Waals surface area contributed by atoms with Crippen LogP contribution in [0, 0.1) is 5.82 Å². The van der Waals surface area contributed by atoms with E-state index in [0.717, 1.165) is 31.2 Å². The number of likely N-dealkylation sites (tertiary alicyclic amines) is 1. The maximum atomic E-state index is 14.8. The predicted octanol–water partition coefficient (Wildman–Crippen LogP) is 4.92. The zero-order chi connectivity index (χ0) is 22.2. The van der Waals surface area contributed by atoms with E-state index < -0.39 is 23.5 Å². The van der Waals surface area contributed by atoms with Crippen LogP contribution in [0.2, 0.25) is 0 Å². The second-order valence-corrected chi connectivity index (χ2v) is 8.22. The Morgan fingerprint density at radius 3 is 2.56 bits per heavy atom. The van der Waals surface area contributed by atoms with Crippen LogP contribution in [0.5, 0.6) is 0 Å². The lowest BCUT2D eigenvalue weighted by Gasteiger charge is -2.25. The van der Waals surface area contributed by atoms with E-state index in [1.54, 1.807) is 30.3 Å². The standard InChI is InChI=1S/C26H22FNO4/c27-21-10-4-3-9-20(21)23-22(25(30)26(31)28(23)15-19-8-5-13-32-19)24(29)18-12-11-16-6-1-2-7-17(16)14-18/h3-5,8-14,23,29H,1-2,6-7,15H2/b24-22+. The molecule has 3 aromatic rings. The van der Waals surface area contributed by atoms with E-state index in [9.17, 15) is 19.1 Å². The molecule has 5 rings (SSSR count). The number of hydrogen-bond donors (Lipinski definition) is 1. The van der Waals surface area contributed by atoms with E-state index in [1.165, 1.54) is 28.9 Å². The quantitative estimate of drug-likeness (QED) is 0.362. The summed E-state index contributed by atoms with van der Waals surface area (Å²) in [4.78, 5) is 27.3. The Balaban J connectivity index is 1.65. The van der Waals surface area contributed by atoms with Crippen LogP contribution >= 0.6 is 0 Å². The number of ketones is 1. The zero-order valence-electron chi connectivity index (χ0n) is 17.4. The third kappa shape index (κ3) is 3.42. The van der Waals surface area contributed by atoms with Gasteiger partial charge in [0.15, 0.2) is 0 Å². The van der Waals surface area contributed by atoms with Gasteiger partial charge in [0.1, 0.15) is 17.3 Å². The molecule has 0 bridgehead atoms. The minimum absolute atomic E-state index is 0.0163. The van der Waals surface area contributed by atoms with Gasteiger partial charge in [-0.1, -0.05) is 30.3 Å². The third-order valence-corrected chi connectivity index (χ3v) is 6.27. The maximum absolute atomic E-state index is 14.8. The first-order chi connectivity index (χ1) is 15.5. The Bertz CT molecular complexity index is 1230. The maximum Gasteiger partial charge on any atom is 0.296 e. The van der Waals surface area contributed by atoms with Gasteiger partial charge in [0, 0.05) is 11.1 Å². The van der Waals surface area contributed by atoms with Crippen LogP contribution in [0.4, 0.5) is 4.39 Å². The van der Waals surface area contributed by atoms with Gasteiger partial charge in [-0.15, -0.1) is 0 Å². The fourth-order valence-corrected chi connectivity index (χ4v) is 4.67. The van der Waals surface area contributed by atoms with Crippen LogP contribution < -0.4 is 0 Å². The van der Waals surface area contributed by atoms with Gasteiger partial charge in [0.05, 0.1) is 24.4 Å². The normalized spacial score (nSPS) is 19.9. The van der Waals surface area contributed by atoms with Gasteiger partial charge in [-0.2, -0.15) is 0 Å². The van der Waals surface area contributed by atoms with Crippen molar-refractivity contribution in [1.29, 1.82) is 0 Å². The summed E-state index contributed by atoms with van der Waals surface area (Å²) < 4.78 is 20.2. The number of benzene rings is 2. The molecule has 1 aliphatic heterocycles. The molecule has 32 heavy (non-hydrogen) atoms. The Morgan fingerprint density at radius 1 is 1.03 bits per heavy atom. The van der Waals surface area contributed by atoms with E-state index in [1.807, 2.05) is 12.1 Å². The van der Waals surface area contributed by atoms with Crippen molar-refractivity contribution < 1.29 is 23.5 Å². The number of halogens is 1. The molecule has 2 aliphatic rings. The summed E-state index contributed by atoms with van der Waals surface area (Å²) in [6.45, 7) is -0.0163. The molecule has 1 fully saturated rings. The summed E-state index contributed by atoms with van der Waals surface area (Å²) in [5.74, 6) is -2.01. The summed E-state index contributed by atoms with van der Waals surface area (Å²) in [5, 5.41) is 11.2. The summed E-state index contributed by atoms with van der Waals surface area (Å²) in [6, 6.07) is 13.9. The molecule has 0 saturated carbocycles. The van der Waals surface area contributed by atoms with E-state index in [0.29, 0.717) is 11.3 Å². The van der Waals surface area contributed by atoms with E-state index in [-0.39, 0.29) is 23.4 Å². The molecule has 0 radical (unpaired) electrons. The molecule has 1 atom stereocenters. The van der Waals surface area contributed by atoms with Crippen molar-refractivity contribution in [2.45, 2.75) is 38.3 Å². The summed E-state index contributed by atoms with van der Waals surface area (Å²) >= 11 is 0. The Hall–Kier alpha value is -3.67. The van der Waals surface area contributed by atoms with Crippen molar-refractivity contribution in [3.05, 3.63) is 100 Å². The number of fused-ring (bicyclic) bond motifs is 1. The van der Waals surface area contributed by atoms with Crippen LogP contribution in [0.3, 0.4) is 0 Å². The Labute approximate surface area is 184 Å². The number of Topliss-reactive ketones (excluding diaryl/α,β-unsaturated/α-hetero) is 1. The lowest BCUT2D eigenvalue weighted by atomic mass is 9.88. The lowest BCUT2D eigenvalue weighted by molar-refractivity contribution is -0.140. The fourth-order valence-electron chi connectivity index (χ4n) is 4.67. The number of aliphatic hydroxyl groups excluding tert-OH is 1. The summed E-state index contributed by atoms with van der Waals surface area (Å²) in [6.07, 6.45) is 5.56. The van der Waals surface area contributed by atoms with Crippen molar-refractivity contribution in [3.63, 3.8) is 0 Å². The van der Waals surface area contributed by atoms with Crippen LogP contribution in [0.1, 0.15) is 46.9 Å². The SMILES string of the molecule is O=C1C(=O)N(Cc2ccco2)C(c2ccccc2F)/C1=C(\O)c1ccc2c(c1)CCCC2. The highest BCUT2D eigenvalue weighted by molar-refractivity contribution is 6.46. The number of hydrogen-bond acceptors (Lipinski definition) is 4. The number of amides is 1. The molecule has 1 N–H and O–H groups in total. The first-order valence-electron chi connectivity index (χ1n) is 10.7. The summed E-state index contributed by atoms with van der Waals surface area (Å²) in [7, 11) is 0. The molecule has 1 amide bonds. The number of rotatable bonds is 4. The van der Waals surface area contributed by atoms with Crippen LogP contribution in [0.25, 0.3) is 5.76 Å². The minimum atomic E-state index is -1.06. The molecule has 1 saturated heterocycles. The molecule has 162 valence electrons. The van der Waals surface area contributed by atoms with Crippen molar-refractivity contribution in [2.24, 2.45) is 0 Å². The first-order valence-corrected chi connectivity index (χ1v) is 10.7. The van der Waals surface area contributed by atoms with Gasteiger partial charge < -0.3 is 14.4 Å². The summed E-state index contributed by atoms with van der Waals surface area (Å²) in [5.41, 5.74) is 2.87. The topological polar surface area (TPSA) is 70.8 Å². The molecule has 1 unspecified atom stereocenters. The van der Waals surface area contributed by atoms with Crippen LogP contribution in [-0.4, -0.2) is 21.7 Å². The van der Waals surface area contributed by atoms with Crippen LogP contribution in [-0.2, 0) is 29.0 Å². The molecule has 0 spiro atoms. The molecular weight excluding hydrogens is 409 g/mol. The van der Waals surface area contributed by atoms with E-state index in [4.69, 9.17) is 4.42 Å². The fraction of sp³-hybridized carbons (Fsp3) is 0.231. The highest BCUT2D eigenvalue weighted by Gasteiger charge is 2.47. The van der Waals surface area contributed by atoms with Crippen molar-refractivity contribution in [3.8, 4) is 0 Å². The minimum Gasteiger partial charge on any atom is -0.507 e. The smallest absolute Gasteiger partial charge is 0.296 e. The molecule has 2 heterocycles. The number of carbonyl (C=O) groups is 2. The molecule has 5 nitrogen and oxygen atoms in total. The molecular formula is C26H22FNO4. The lowest BCUT2D eigenvalue weighted by Crippen LogP contribution is -2.29. The number of carbonyl (C=O) groups excluding carboxylic acids is 2. The van der Waals surface area contributed by atoms with Crippen molar-refractivity contribution >= 4 is 17.4 Å². The molecule has 6 heteroatoms. The van der Waals surface area contributed by atoms with E-state index >= 15 is 0 Å². The third-order valence-electron chi connectivity index (χ3n) is 6.27. The number of aryl methyl sites for hydroxylation is 2. The first kappa shape index (κ1) is 20.2. The zero-order valence-corrected chi connectivity index (χ0v) is 17.4. The number of furan rings is 1. The van der Waals surface area contributed by atoms with Gasteiger partial charge >= 0.3 is 0 Å². The van der Waals surface area contributed by atoms with Gasteiger partial charge in [-0.05, 0) is 61.1 Å². The Kier molecular flexibility index (Phi) is 5.13. The van der Waals surface area contributed by atoms with Crippen molar-refractivity contribution in [2.75, 3.05) is 0 Å². The second kappa shape index (κ2) is 8.11. The largest absolute Gasteiger partial charge is 0.507 e. The highest BCUT2D eigenvalue weighted by Crippen LogP contribution is 2.41. The molecule has 1 aromatic heterocycles. The average Bonchev–Trinajstić information content (AvgIpc) is 3.41. The molecule has 1 aliphatic carbocycles. The van der Waals surface area contributed by atoms with Gasteiger partial charge in [-0.25, -0.2) is 4.39 Å². The van der Waals surface area contributed by atoms with E-state index in [2.05, 4.69) is 0 Å². The van der Waals surface area contributed by atoms with Crippen LogP contribution in [0.15, 0.2) is 70.9 Å². The average molecular weight is 431 g/mol. The number of aliphatic hydroxyl groups is 1. The predicted molar refractivity (Wildman–Crippen MR) is 116 cm³/mol.